The van der Waals surface area contributed by atoms with Crippen LogP contribution in [0.4, 0.5) is 5.69 Å². The number of methoxy groups -OCH3 is 1. The number of para-hydroxylation sites is 1. The van der Waals surface area contributed by atoms with Gasteiger partial charge in [-0.2, -0.15) is 4.98 Å². The molecule has 1 aromatic heterocycles. The molecule has 1 aliphatic heterocycles. The molecule has 0 saturated carbocycles. The zero-order chi connectivity index (χ0) is 23.5. The van der Waals surface area contributed by atoms with Crippen LogP contribution in [0.2, 0.25) is 0 Å². The molecule has 0 bridgehead atoms. The normalized spacial score (nSPS) is 11.7. The zero-order valence-electron chi connectivity index (χ0n) is 18.9. The van der Waals surface area contributed by atoms with Crippen LogP contribution in [-0.2, 0) is 11.2 Å². The minimum absolute atomic E-state index is 0.0932. The van der Waals surface area contributed by atoms with Crippen molar-refractivity contribution in [1.82, 2.24) is 9.97 Å². The van der Waals surface area contributed by atoms with Gasteiger partial charge in [0.2, 0.25) is 11.8 Å². The van der Waals surface area contributed by atoms with Crippen LogP contribution in [0.25, 0.3) is 11.4 Å². The molecule has 1 aliphatic rings. The molecule has 4 aromatic rings. The quantitative estimate of drug-likeness (QED) is 0.247. The van der Waals surface area contributed by atoms with Crippen molar-refractivity contribution >= 4 is 23.4 Å². The maximum absolute atomic E-state index is 12.6. The van der Waals surface area contributed by atoms with E-state index in [9.17, 15) is 4.79 Å². The van der Waals surface area contributed by atoms with Crippen molar-refractivity contribution in [2.24, 2.45) is 0 Å². The molecule has 34 heavy (non-hydrogen) atoms. The summed E-state index contributed by atoms with van der Waals surface area (Å²) in [6, 6.07) is 23.2. The van der Waals surface area contributed by atoms with Crippen LogP contribution in [0.3, 0.4) is 0 Å². The van der Waals surface area contributed by atoms with Crippen molar-refractivity contribution in [1.29, 1.82) is 0 Å². The first kappa shape index (κ1) is 22.0. The standard InChI is InChI=1S/C27H23N3O3S/c1-17-7-11-20(12-8-17)28-24(31)16-34-27-22-15-19-5-3-4-6-23(19)33-26(22)29-25(30-27)18-9-13-21(32-2)14-10-18/h3-14H,15-16H2,1-2H3,(H,28,31). The van der Waals surface area contributed by atoms with Gasteiger partial charge in [0.05, 0.1) is 18.4 Å². The third-order valence-electron chi connectivity index (χ3n) is 5.50. The Morgan fingerprint density at radius 3 is 2.56 bits per heavy atom. The molecule has 0 aliphatic carbocycles. The molecule has 0 unspecified atom stereocenters. The predicted molar refractivity (Wildman–Crippen MR) is 134 cm³/mol. The van der Waals surface area contributed by atoms with E-state index in [1.54, 1.807) is 7.11 Å². The number of carbonyl (C=O) groups is 1. The number of benzene rings is 3. The largest absolute Gasteiger partial charge is 0.497 e. The molecule has 0 spiro atoms. The Bertz CT molecular complexity index is 1340. The van der Waals surface area contributed by atoms with Crippen LogP contribution in [0.5, 0.6) is 17.4 Å². The summed E-state index contributed by atoms with van der Waals surface area (Å²) >= 11 is 1.39. The fraction of sp³-hybridized carbons (Fsp3) is 0.148. The van der Waals surface area contributed by atoms with E-state index in [0.29, 0.717) is 18.1 Å². The van der Waals surface area contributed by atoms with Gasteiger partial charge in [0.1, 0.15) is 16.5 Å². The van der Waals surface area contributed by atoms with Gasteiger partial charge in [0, 0.05) is 17.7 Å². The molecule has 1 N–H and O–H groups in total. The van der Waals surface area contributed by atoms with Gasteiger partial charge in [-0.1, -0.05) is 47.7 Å². The van der Waals surface area contributed by atoms with E-state index < -0.39 is 0 Å². The Kier molecular flexibility index (Phi) is 6.18. The van der Waals surface area contributed by atoms with Gasteiger partial charge in [-0.05, 0) is 55.0 Å². The second kappa shape index (κ2) is 9.57. The molecule has 0 saturated heterocycles. The number of nitrogens with zero attached hydrogens (tertiary/aromatic N) is 2. The molecule has 0 radical (unpaired) electrons. The number of aryl methyl sites for hydroxylation is 1. The Hall–Kier alpha value is -3.84. The maximum atomic E-state index is 12.6. The Morgan fingerprint density at radius 2 is 1.79 bits per heavy atom. The summed E-state index contributed by atoms with van der Waals surface area (Å²) in [5.41, 5.74) is 4.73. The zero-order valence-corrected chi connectivity index (χ0v) is 19.7. The smallest absolute Gasteiger partial charge is 0.234 e. The third-order valence-corrected chi connectivity index (χ3v) is 6.52. The van der Waals surface area contributed by atoms with Crippen molar-refractivity contribution < 1.29 is 14.3 Å². The molecule has 6 nitrogen and oxygen atoms in total. The highest BCUT2D eigenvalue weighted by Gasteiger charge is 2.24. The van der Waals surface area contributed by atoms with Crippen LogP contribution in [-0.4, -0.2) is 28.7 Å². The van der Waals surface area contributed by atoms with Crippen LogP contribution < -0.4 is 14.8 Å². The van der Waals surface area contributed by atoms with Crippen molar-refractivity contribution in [2.45, 2.75) is 18.4 Å². The average Bonchev–Trinajstić information content (AvgIpc) is 2.87. The Labute approximate surface area is 202 Å². The fourth-order valence-electron chi connectivity index (χ4n) is 3.68. The molecule has 5 rings (SSSR count). The number of amides is 1. The van der Waals surface area contributed by atoms with E-state index in [1.165, 1.54) is 11.8 Å². The summed E-state index contributed by atoms with van der Waals surface area (Å²) in [5.74, 6) is 2.75. The highest BCUT2D eigenvalue weighted by molar-refractivity contribution is 8.00. The minimum atomic E-state index is -0.0932. The van der Waals surface area contributed by atoms with E-state index in [-0.39, 0.29) is 11.7 Å². The SMILES string of the molecule is COc1ccc(-c2nc3c(c(SCC(=O)Nc4ccc(C)cc4)n2)Cc2ccccc2O3)cc1. The van der Waals surface area contributed by atoms with Gasteiger partial charge in [-0.15, -0.1) is 0 Å². The van der Waals surface area contributed by atoms with Crippen LogP contribution in [0, 0.1) is 6.92 Å². The first-order chi connectivity index (χ1) is 16.6. The minimum Gasteiger partial charge on any atom is -0.497 e. The lowest BCUT2D eigenvalue weighted by atomic mass is 10.0. The number of hydrogen-bond donors (Lipinski definition) is 1. The Morgan fingerprint density at radius 1 is 1.03 bits per heavy atom. The van der Waals surface area contributed by atoms with Crippen molar-refractivity contribution in [3.63, 3.8) is 0 Å². The number of carbonyl (C=O) groups excluding carboxylic acids is 1. The van der Waals surface area contributed by atoms with E-state index in [1.807, 2.05) is 79.7 Å². The predicted octanol–water partition coefficient (Wildman–Crippen LogP) is 5.89. The highest BCUT2D eigenvalue weighted by Crippen LogP contribution is 2.40. The molecular formula is C27H23N3O3S. The lowest BCUT2D eigenvalue weighted by Gasteiger charge is -2.21. The van der Waals surface area contributed by atoms with E-state index in [0.717, 1.165) is 44.5 Å². The first-order valence-electron chi connectivity index (χ1n) is 10.9. The summed E-state index contributed by atoms with van der Waals surface area (Å²) in [6.07, 6.45) is 0.649. The van der Waals surface area contributed by atoms with Crippen molar-refractivity contribution in [3.05, 3.63) is 89.5 Å². The molecule has 3 aromatic carbocycles. The molecular weight excluding hydrogens is 446 g/mol. The number of rotatable bonds is 6. The number of aromatic nitrogens is 2. The second-order valence-corrected chi connectivity index (χ2v) is 8.92. The summed E-state index contributed by atoms with van der Waals surface area (Å²) in [4.78, 5) is 22.2. The number of nitrogens with one attached hydrogen (secondary N) is 1. The molecule has 0 fully saturated rings. The van der Waals surface area contributed by atoms with Gasteiger partial charge >= 0.3 is 0 Å². The fourth-order valence-corrected chi connectivity index (χ4v) is 4.50. The summed E-state index contributed by atoms with van der Waals surface area (Å²) in [6.45, 7) is 2.01. The number of ether oxygens (including phenoxy) is 2. The number of fused-ring (bicyclic) bond motifs is 2. The van der Waals surface area contributed by atoms with Crippen LogP contribution in [0.1, 0.15) is 16.7 Å². The lowest BCUT2D eigenvalue weighted by Crippen LogP contribution is -2.15. The van der Waals surface area contributed by atoms with E-state index in [2.05, 4.69) is 5.32 Å². The van der Waals surface area contributed by atoms with Gasteiger partial charge in [-0.25, -0.2) is 4.98 Å². The van der Waals surface area contributed by atoms with Crippen molar-refractivity contribution in [3.8, 4) is 28.8 Å². The number of anilines is 1. The number of hydrogen-bond acceptors (Lipinski definition) is 6. The van der Waals surface area contributed by atoms with Crippen LogP contribution >= 0.6 is 11.8 Å². The average molecular weight is 470 g/mol. The lowest BCUT2D eigenvalue weighted by molar-refractivity contribution is -0.113. The van der Waals surface area contributed by atoms with Gasteiger partial charge in [0.25, 0.3) is 0 Å². The molecule has 1 amide bonds. The van der Waals surface area contributed by atoms with Gasteiger partial charge in [-0.3, -0.25) is 4.79 Å². The molecule has 2 heterocycles. The third kappa shape index (κ3) is 4.75. The van der Waals surface area contributed by atoms with E-state index >= 15 is 0 Å². The summed E-state index contributed by atoms with van der Waals surface area (Å²) in [7, 11) is 1.63. The molecule has 0 atom stereocenters. The van der Waals surface area contributed by atoms with E-state index in [4.69, 9.17) is 19.4 Å². The monoisotopic (exact) mass is 469 g/mol. The number of thioether (sulfide) groups is 1. The maximum Gasteiger partial charge on any atom is 0.234 e. The second-order valence-electron chi connectivity index (χ2n) is 7.95. The van der Waals surface area contributed by atoms with Crippen molar-refractivity contribution in [2.75, 3.05) is 18.2 Å². The van der Waals surface area contributed by atoms with Crippen LogP contribution in [0.15, 0.2) is 77.8 Å². The summed E-state index contributed by atoms with van der Waals surface area (Å²) < 4.78 is 11.4. The topological polar surface area (TPSA) is 73.3 Å². The van der Waals surface area contributed by atoms with Gasteiger partial charge < -0.3 is 14.8 Å². The Balaban J connectivity index is 1.43. The molecule has 170 valence electrons. The molecule has 7 heteroatoms. The highest BCUT2D eigenvalue weighted by atomic mass is 32.2. The summed E-state index contributed by atoms with van der Waals surface area (Å²) in [5, 5.41) is 3.69. The first-order valence-corrected chi connectivity index (χ1v) is 11.9. The van der Waals surface area contributed by atoms with Gasteiger partial charge in [0.15, 0.2) is 5.82 Å².